The zero-order valence-corrected chi connectivity index (χ0v) is 22.0. The third-order valence-electron chi connectivity index (χ3n) is 6.16. The van der Waals surface area contributed by atoms with Crippen molar-refractivity contribution in [3.63, 3.8) is 0 Å². The van der Waals surface area contributed by atoms with Gasteiger partial charge < -0.3 is 0 Å². The van der Waals surface area contributed by atoms with Gasteiger partial charge in [0.05, 0.1) is 16.1 Å². The summed E-state index contributed by atoms with van der Waals surface area (Å²) in [5, 5.41) is 0. The molecule has 0 radical (unpaired) electrons. The lowest BCUT2D eigenvalue weighted by molar-refractivity contribution is 1.29. The molecule has 0 saturated heterocycles. The minimum absolute atomic E-state index is 1.10. The van der Waals surface area contributed by atoms with Gasteiger partial charge in [-0.2, -0.15) is 0 Å². The molecule has 1 aromatic rings. The maximum absolute atomic E-state index is 4.00. The molecule has 0 aliphatic rings. The monoisotopic (exact) mass is 458 g/mol. The Labute approximate surface area is 199 Å². The van der Waals surface area contributed by atoms with Gasteiger partial charge in [0.25, 0.3) is 0 Å². The molecule has 0 atom stereocenters. The Bertz CT molecular complexity index is 703. The third kappa shape index (κ3) is 8.98. The van der Waals surface area contributed by atoms with E-state index < -0.39 is 16.1 Å². The summed E-state index contributed by atoms with van der Waals surface area (Å²) in [7, 11) is -3.05. The molecule has 0 aliphatic carbocycles. The largest absolute Gasteiger partial charge is 0.103 e. The van der Waals surface area contributed by atoms with Crippen molar-refractivity contribution in [1.29, 1.82) is 0 Å². The summed E-state index contributed by atoms with van der Waals surface area (Å²) in [5.41, 5.74) is 2.54. The Morgan fingerprint density at radius 1 is 0.469 bits per heavy atom. The highest BCUT2D eigenvalue weighted by molar-refractivity contribution is 6.81. The van der Waals surface area contributed by atoms with Crippen molar-refractivity contribution in [1.82, 2.24) is 0 Å². The molecule has 1 aromatic carbocycles. The highest BCUT2D eigenvalue weighted by Crippen LogP contribution is 2.30. The van der Waals surface area contributed by atoms with E-state index in [-0.39, 0.29) is 0 Å². The van der Waals surface area contributed by atoms with Gasteiger partial charge >= 0.3 is 0 Å². The van der Waals surface area contributed by atoms with Crippen LogP contribution >= 0.6 is 0 Å². The molecule has 2 heteroatoms. The summed E-state index contributed by atoms with van der Waals surface area (Å²) in [5.74, 6) is 0. The molecule has 170 valence electrons. The van der Waals surface area contributed by atoms with Crippen LogP contribution < -0.4 is 0 Å². The zero-order chi connectivity index (χ0) is 23.7. The van der Waals surface area contributed by atoms with Crippen molar-refractivity contribution >= 4 is 28.3 Å². The summed E-state index contributed by atoms with van der Waals surface area (Å²) in [6, 6.07) is 17.4. The quantitative estimate of drug-likeness (QED) is 0.152. The van der Waals surface area contributed by atoms with Crippen molar-refractivity contribution in [3.05, 3.63) is 123 Å². The standard InChI is InChI=1S/C30H42Si2/c1-7-21-31(22-8-2,23-9-3)27-15-19-29-17-13-14-18-30(29)20-16-28-32(24-10-4,25-11-5)26-12-6/h7-20H,1-6,21-28H2. The molecule has 0 aromatic heterocycles. The predicted octanol–water partition coefficient (Wildman–Crippen LogP) is 9.73. The molecule has 0 unspecified atom stereocenters. The number of benzene rings is 1. The van der Waals surface area contributed by atoms with Gasteiger partial charge in [0.15, 0.2) is 0 Å². The van der Waals surface area contributed by atoms with Gasteiger partial charge in [-0.1, -0.05) is 85.0 Å². The van der Waals surface area contributed by atoms with Crippen molar-refractivity contribution < 1.29 is 0 Å². The SMILES string of the molecule is C=CC[Si](CC=C)(CC=C)CC=Cc1ccccc1C=CC[Si](CC=C)(CC=C)CC=C. The molecule has 0 fully saturated rings. The van der Waals surface area contributed by atoms with Crippen molar-refractivity contribution in [3.8, 4) is 0 Å². The van der Waals surface area contributed by atoms with Gasteiger partial charge in [0.2, 0.25) is 0 Å². The van der Waals surface area contributed by atoms with Crippen LogP contribution in [0.5, 0.6) is 0 Å². The van der Waals surface area contributed by atoms with Crippen molar-refractivity contribution in [2.75, 3.05) is 0 Å². The van der Waals surface area contributed by atoms with Gasteiger partial charge in [-0.15, -0.1) is 39.5 Å². The van der Waals surface area contributed by atoms with E-state index >= 15 is 0 Å². The van der Waals surface area contributed by atoms with E-state index in [1.165, 1.54) is 11.1 Å². The predicted molar refractivity (Wildman–Crippen MR) is 156 cm³/mol. The summed E-state index contributed by atoms with van der Waals surface area (Å²) in [6.07, 6.45) is 21.8. The fraction of sp³-hybridized carbons (Fsp3) is 0.267. The normalized spacial score (nSPS) is 12.0. The van der Waals surface area contributed by atoms with E-state index in [2.05, 4.69) is 124 Å². The number of hydrogen-bond donors (Lipinski definition) is 0. The van der Waals surface area contributed by atoms with Crippen molar-refractivity contribution in [2.24, 2.45) is 0 Å². The average Bonchev–Trinajstić information content (AvgIpc) is 2.76. The highest BCUT2D eigenvalue weighted by Gasteiger charge is 2.28. The molecule has 0 amide bonds. The van der Waals surface area contributed by atoms with Gasteiger partial charge in [0, 0.05) is 0 Å². The molecule has 0 heterocycles. The fourth-order valence-electron chi connectivity index (χ4n) is 4.52. The Morgan fingerprint density at radius 2 is 0.750 bits per heavy atom. The van der Waals surface area contributed by atoms with Crippen LogP contribution in [0, 0.1) is 0 Å². The van der Waals surface area contributed by atoms with Gasteiger partial charge in [-0.05, 0) is 59.5 Å². The molecule has 1 rings (SSSR count). The van der Waals surface area contributed by atoms with Crippen LogP contribution in [-0.4, -0.2) is 16.1 Å². The molecule has 0 nitrogen and oxygen atoms in total. The lowest BCUT2D eigenvalue weighted by Gasteiger charge is -2.27. The second-order valence-electron chi connectivity index (χ2n) is 8.80. The minimum atomic E-state index is -1.53. The van der Waals surface area contributed by atoms with E-state index in [9.17, 15) is 0 Å². The van der Waals surface area contributed by atoms with Crippen molar-refractivity contribution in [2.45, 2.75) is 48.4 Å². The Hall–Kier alpha value is -2.43. The lowest BCUT2D eigenvalue weighted by atomic mass is 10.1. The van der Waals surface area contributed by atoms with Crippen LogP contribution in [0.3, 0.4) is 0 Å². The first kappa shape index (κ1) is 27.6. The minimum Gasteiger partial charge on any atom is -0.103 e. The number of hydrogen-bond acceptors (Lipinski definition) is 0. The molecular weight excluding hydrogens is 417 g/mol. The van der Waals surface area contributed by atoms with Gasteiger partial charge in [0.1, 0.15) is 0 Å². The summed E-state index contributed by atoms with van der Waals surface area (Å²) >= 11 is 0. The molecular formula is C30H42Si2. The molecule has 0 bridgehead atoms. The summed E-state index contributed by atoms with van der Waals surface area (Å²) in [4.78, 5) is 0. The average molecular weight is 459 g/mol. The fourth-order valence-corrected chi connectivity index (χ4v) is 11.4. The third-order valence-corrected chi connectivity index (χ3v) is 15.3. The maximum Gasteiger partial charge on any atom is 0.0685 e. The molecule has 0 saturated carbocycles. The maximum atomic E-state index is 4.00. The Morgan fingerprint density at radius 3 is 1.00 bits per heavy atom. The molecule has 0 aliphatic heterocycles. The first-order valence-electron chi connectivity index (χ1n) is 11.6. The number of rotatable bonds is 18. The van der Waals surface area contributed by atoms with Crippen LogP contribution in [0.15, 0.2) is 112 Å². The first-order valence-corrected chi connectivity index (χ1v) is 17.3. The molecule has 0 spiro atoms. The molecule has 32 heavy (non-hydrogen) atoms. The van der Waals surface area contributed by atoms with Gasteiger partial charge in [-0.3, -0.25) is 0 Å². The van der Waals surface area contributed by atoms with Crippen LogP contribution in [0.2, 0.25) is 48.4 Å². The van der Waals surface area contributed by atoms with E-state index in [4.69, 9.17) is 0 Å². The van der Waals surface area contributed by atoms with Crippen LogP contribution in [-0.2, 0) is 0 Å². The number of allylic oxidation sites excluding steroid dienone is 8. The van der Waals surface area contributed by atoms with Crippen LogP contribution in [0.1, 0.15) is 11.1 Å². The Kier molecular flexibility index (Phi) is 13.3. The topological polar surface area (TPSA) is 0 Å². The summed E-state index contributed by atoms with van der Waals surface area (Å²) < 4.78 is 0. The van der Waals surface area contributed by atoms with Gasteiger partial charge in [-0.25, -0.2) is 0 Å². The van der Waals surface area contributed by atoms with Crippen LogP contribution in [0.25, 0.3) is 12.2 Å². The lowest BCUT2D eigenvalue weighted by Crippen LogP contribution is -2.31. The van der Waals surface area contributed by atoms with Crippen LogP contribution in [0.4, 0.5) is 0 Å². The zero-order valence-electron chi connectivity index (χ0n) is 20.0. The smallest absolute Gasteiger partial charge is 0.0685 e. The van der Waals surface area contributed by atoms with E-state index in [0.29, 0.717) is 0 Å². The van der Waals surface area contributed by atoms with E-state index in [0.717, 1.165) is 48.4 Å². The summed E-state index contributed by atoms with van der Waals surface area (Å²) in [6.45, 7) is 24.0. The second kappa shape index (κ2) is 15.4. The Balaban J connectivity index is 3.06. The van der Waals surface area contributed by atoms with E-state index in [1.807, 2.05) is 0 Å². The molecule has 0 N–H and O–H groups in total. The second-order valence-corrected chi connectivity index (χ2v) is 18.1. The van der Waals surface area contributed by atoms with E-state index in [1.54, 1.807) is 0 Å². The highest BCUT2D eigenvalue weighted by atomic mass is 28.3. The first-order chi connectivity index (χ1) is 15.5.